The second-order valence-corrected chi connectivity index (χ2v) is 5.08. The molecule has 0 aliphatic carbocycles. The van der Waals surface area contributed by atoms with Crippen LogP contribution < -0.4 is 0 Å². The summed E-state index contributed by atoms with van der Waals surface area (Å²) in [7, 11) is 0. The molecule has 1 heterocycles. The van der Waals surface area contributed by atoms with Gasteiger partial charge in [-0.2, -0.15) is 5.10 Å². The van der Waals surface area contributed by atoms with E-state index >= 15 is 0 Å². The van der Waals surface area contributed by atoms with E-state index < -0.39 is 6.10 Å². The SMILES string of the molecule is Cc1cc(C)n(-c2ccc([C@H](C)O)c(Br)c2)n1. The van der Waals surface area contributed by atoms with Crippen molar-refractivity contribution in [2.75, 3.05) is 0 Å². The minimum atomic E-state index is -0.473. The van der Waals surface area contributed by atoms with Crippen LogP contribution in [0.2, 0.25) is 0 Å². The van der Waals surface area contributed by atoms with Gasteiger partial charge in [0.05, 0.1) is 17.5 Å². The van der Waals surface area contributed by atoms with Gasteiger partial charge in [-0.05, 0) is 44.5 Å². The molecule has 3 nitrogen and oxygen atoms in total. The molecule has 0 bridgehead atoms. The van der Waals surface area contributed by atoms with E-state index in [-0.39, 0.29) is 0 Å². The van der Waals surface area contributed by atoms with Gasteiger partial charge in [0.25, 0.3) is 0 Å². The molecule has 0 aliphatic heterocycles. The summed E-state index contributed by atoms with van der Waals surface area (Å²) >= 11 is 3.48. The number of halogens is 1. The molecule has 0 saturated carbocycles. The van der Waals surface area contributed by atoms with Gasteiger partial charge in [-0.25, -0.2) is 4.68 Å². The average Bonchev–Trinajstić information content (AvgIpc) is 2.57. The number of aromatic nitrogens is 2. The maximum atomic E-state index is 9.57. The summed E-state index contributed by atoms with van der Waals surface area (Å²) < 4.78 is 2.80. The Morgan fingerprint density at radius 3 is 2.47 bits per heavy atom. The van der Waals surface area contributed by atoms with Gasteiger partial charge in [0.15, 0.2) is 0 Å². The van der Waals surface area contributed by atoms with E-state index in [9.17, 15) is 5.11 Å². The standard InChI is InChI=1S/C13H15BrN2O/c1-8-6-9(2)16(15-8)11-4-5-12(10(3)17)13(14)7-11/h4-7,10,17H,1-3H3/t10-/m0/s1. The lowest BCUT2D eigenvalue weighted by atomic mass is 10.1. The van der Waals surface area contributed by atoms with Crippen molar-refractivity contribution in [1.29, 1.82) is 0 Å². The first-order valence-electron chi connectivity index (χ1n) is 5.50. The largest absolute Gasteiger partial charge is 0.389 e. The van der Waals surface area contributed by atoms with Gasteiger partial charge < -0.3 is 5.11 Å². The smallest absolute Gasteiger partial charge is 0.0772 e. The lowest BCUT2D eigenvalue weighted by Gasteiger charge is -2.10. The molecule has 90 valence electrons. The van der Waals surface area contributed by atoms with Crippen LogP contribution in [-0.4, -0.2) is 14.9 Å². The molecule has 4 heteroatoms. The number of benzene rings is 1. The number of aliphatic hydroxyl groups excluding tert-OH is 1. The van der Waals surface area contributed by atoms with Crippen LogP contribution in [-0.2, 0) is 0 Å². The highest BCUT2D eigenvalue weighted by atomic mass is 79.9. The van der Waals surface area contributed by atoms with Crippen molar-refractivity contribution in [2.45, 2.75) is 26.9 Å². The Morgan fingerprint density at radius 1 is 1.29 bits per heavy atom. The molecule has 1 aromatic carbocycles. The third kappa shape index (κ3) is 2.42. The van der Waals surface area contributed by atoms with Gasteiger partial charge in [0.2, 0.25) is 0 Å². The summed E-state index contributed by atoms with van der Waals surface area (Å²) in [4.78, 5) is 0. The highest BCUT2D eigenvalue weighted by molar-refractivity contribution is 9.10. The minimum Gasteiger partial charge on any atom is -0.389 e. The summed E-state index contributed by atoms with van der Waals surface area (Å²) in [5.74, 6) is 0. The number of rotatable bonds is 2. The minimum absolute atomic E-state index is 0.473. The maximum absolute atomic E-state index is 9.57. The van der Waals surface area contributed by atoms with Gasteiger partial charge in [-0.3, -0.25) is 0 Å². The Hall–Kier alpha value is -1.13. The van der Waals surface area contributed by atoms with Crippen molar-refractivity contribution in [2.24, 2.45) is 0 Å². The monoisotopic (exact) mass is 294 g/mol. The molecule has 0 aliphatic rings. The topological polar surface area (TPSA) is 38.0 Å². The predicted octanol–water partition coefficient (Wildman–Crippen LogP) is 3.30. The molecule has 1 aromatic heterocycles. The Bertz CT molecular complexity index is 546. The van der Waals surface area contributed by atoms with Crippen LogP contribution >= 0.6 is 15.9 Å². The third-order valence-corrected chi connectivity index (χ3v) is 3.38. The van der Waals surface area contributed by atoms with E-state index in [1.165, 1.54) is 0 Å². The molecule has 0 saturated heterocycles. The fraction of sp³-hybridized carbons (Fsp3) is 0.308. The van der Waals surface area contributed by atoms with Crippen molar-refractivity contribution < 1.29 is 5.11 Å². The normalized spacial score (nSPS) is 12.8. The summed E-state index contributed by atoms with van der Waals surface area (Å²) in [6, 6.07) is 7.89. The van der Waals surface area contributed by atoms with Gasteiger partial charge in [-0.1, -0.05) is 22.0 Å². The lowest BCUT2D eigenvalue weighted by molar-refractivity contribution is 0.198. The fourth-order valence-electron chi connectivity index (χ4n) is 1.88. The number of aryl methyl sites for hydroxylation is 2. The van der Waals surface area contributed by atoms with Crippen LogP contribution in [0.25, 0.3) is 5.69 Å². The molecule has 1 atom stereocenters. The molecular weight excluding hydrogens is 280 g/mol. The number of nitrogens with zero attached hydrogens (tertiary/aromatic N) is 2. The van der Waals surface area contributed by atoms with Crippen LogP contribution in [0, 0.1) is 13.8 Å². The molecule has 17 heavy (non-hydrogen) atoms. The van der Waals surface area contributed by atoms with Crippen LogP contribution in [0.4, 0.5) is 0 Å². The summed E-state index contributed by atoms with van der Waals surface area (Å²) in [5.41, 5.74) is 3.97. The first-order chi connectivity index (χ1) is 7.99. The van der Waals surface area contributed by atoms with Crippen molar-refractivity contribution in [1.82, 2.24) is 9.78 Å². The predicted molar refractivity (Wildman–Crippen MR) is 71.4 cm³/mol. The average molecular weight is 295 g/mol. The lowest BCUT2D eigenvalue weighted by Crippen LogP contribution is -2.01. The summed E-state index contributed by atoms with van der Waals surface area (Å²) in [5, 5.41) is 14.0. The Balaban J connectivity index is 2.48. The van der Waals surface area contributed by atoms with Gasteiger partial charge >= 0.3 is 0 Å². The Labute approximate surface area is 109 Å². The van der Waals surface area contributed by atoms with E-state index in [0.29, 0.717) is 0 Å². The van der Waals surface area contributed by atoms with Gasteiger partial charge in [-0.15, -0.1) is 0 Å². The number of hydrogen-bond donors (Lipinski definition) is 1. The summed E-state index contributed by atoms with van der Waals surface area (Å²) in [6.07, 6.45) is -0.473. The van der Waals surface area contributed by atoms with Crippen molar-refractivity contribution >= 4 is 15.9 Å². The zero-order valence-corrected chi connectivity index (χ0v) is 11.7. The second kappa shape index (κ2) is 4.63. The van der Waals surface area contributed by atoms with Crippen molar-refractivity contribution in [3.05, 3.63) is 45.7 Å². The van der Waals surface area contributed by atoms with E-state index in [0.717, 1.165) is 27.1 Å². The van der Waals surface area contributed by atoms with Crippen molar-refractivity contribution in [3.63, 3.8) is 0 Å². The van der Waals surface area contributed by atoms with Crippen LogP contribution in [0.1, 0.15) is 30.0 Å². The fourth-order valence-corrected chi connectivity index (χ4v) is 2.57. The van der Waals surface area contributed by atoms with E-state index in [1.54, 1.807) is 6.92 Å². The second-order valence-electron chi connectivity index (χ2n) is 4.22. The molecule has 1 N–H and O–H groups in total. The molecule has 0 amide bonds. The van der Waals surface area contributed by atoms with E-state index in [4.69, 9.17) is 0 Å². The number of hydrogen-bond acceptors (Lipinski definition) is 2. The molecule has 2 aromatic rings. The highest BCUT2D eigenvalue weighted by Crippen LogP contribution is 2.26. The van der Waals surface area contributed by atoms with Crippen LogP contribution in [0.5, 0.6) is 0 Å². The molecule has 0 unspecified atom stereocenters. The molecule has 2 rings (SSSR count). The third-order valence-electron chi connectivity index (χ3n) is 2.69. The zero-order chi connectivity index (χ0) is 12.6. The number of aliphatic hydroxyl groups is 1. The molecule has 0 radical (unpaired) electrons. The first-order valence-corrected chi connectivity index (χ1v) is 6.29. The Kier molecular flexibility index (Phi) is 3.35. The highest BCUT2D eigenvalue weighted by Gasteiger charge is 2.09. The first kappa shape index (κ1) is 12.3. The Morgan fingerprint density at radius 2 is 2.00 bits per heavy atom. The molecule has 0 spiro atoms. The van der Waals surface area contributed by atoms with Crippen LogP contribution in [0.15, 0.2) is 28.7 Å². The molecular formula is C13H15BrN2O. The van der Waals surface area contributed by atoms with Crippen LogP contribution in [0.3, 0.4) is 0 Å². The van der Waals surface area contributed by atoms with Gasteiger partial charge in [0.1, 0.15) is 0 Å². The van der Waals surface area contributed by atoms with E-state index in [2.05, 4.69) is 21.0 Å². The van der Waals surface area contributed by atoms with E-state index in [1.807, 2.05) is 42.8 Å². The zero-order valence-electron chi connectivity index (χ0n) is 10.1. The van der Waals surface area contributed by atoms with Crippen molar-refractivity contribution in [3.8, 4) is 5.69 Å². The van der Waals surface area contributed by atoms with Gasteiger partial charge in [0, 0.05) is 10.2 Å². The summed E-state index contributed by atoms with van der Waals surface area (Å²) in [6.45, 7) is 5.75. The quantitative estimate of drug-likeness (QED) is 0.923. The molecule has 0 fully saturated rings. The maximum Gasteiger partial charge on any atom is 0.0772 e.